The van der Waals surface area contributed by atoms with Gasteiger partial charge >= 0.3 is 5.97 Å². The fourth-order valence-electron chi connectivity index (χ4n) is 1.96. The molecule has 102 valence electrons. The monoisotopic (exact) mass is 263 g/mol. The Morgan fingerprint density at radius 2 is 2.00 bits per heavy atom. The van der Waals surface area contributed by atoms with Crippen LogP contribution in [0.1, 0.15) is 17.2 Å². The second kappa shape index (κ2) is 6.85. The Hall–Kier alpha value is -1.94. The highest BCUT2D eigenvalue weighted by atomic mass is 19.1. The summed E-state index contributed by atoms with van der Waals surface area (Å²) in [7, 11) is 0. The molecule has 0 unspecified atom stereocenters. The van der Waals surface area contributed by atoms with Crippen LogP contribution in [0.25, 0.3) is 0 Å². The lowest BCUT2D eigenvalue weighted by Crippen LogP contribution is -2.34. The lowest BCUT2D eigenvalue weighted by atomic mass is 10.0. The maximum atomic E-state index is 13.3. The molecule has 1 rings (SSSR count). The van der Waals surface area contributed by atoms with E-state index in [0.717, 1.165) is 0 Å². The van der Waals surface area contributed by atoms with Crippen molar-refractivity contribution in [2.24, 2.45) is 0 Å². The lowest BCUT2D eigenvalue weighted by molar-refractivity contribution is -0.143. The Balaban J connectivity index is 3.16. The van der Waals surface area contributed by atoms with Gasteiger partial charge in [-0.25, -0.2) is 4.39 Å². The van der Waals surface area contributed by atoms with E-state index in [1.165, 1.54) is 12.1 Å². The number of hydrogen-bond acceptors (Lipinski definition) is 2. The van der Waals surface area contributed by atoms with Crippen molar-refractivity contribution in [2.45, 2.75) is 13.0 Å². The molecule has 0 radical (unpaired) electrons. The van der Waals surface area contributed by atoms with Gasteiger partial charge in [-0.05, 0) is 24.1 Å². The largest absolute Gasteiger partial charge is 0.480 e. The van der Waals surface area contributed by atoms with Gasteiger partial charge in [0.05, 0.1) is 0 Å². The third-order valence-electron chi connectivity index (χ3n) is 2.82. The fraction of sp³-hybridized carbons (Fsp3) is 0.267. The molecule has 1 N–H and O–H groups in total. The molecule has 0 heterocycles. The van der Waals surface area contributed by atoms with Gasteiger partial charge in [0, 0.05) is 13.1 Å². The van der Waals surface area contributed by atoms with Crippen molar-refractivity contribution in [1.82, 2.24) is 4.90 Å². The van der Waals surface area contributed by atoms with E-state index in [4.69, 9.17) is 0 Å². The molecule has 4 heteroatoms. The normalized spacial score (nSPS) is 12.2. The predicted octanol–water partition coefficient (Wildman–Crippen LogP) is 2.93. The van der Waals surface area contributed by atoms with Crippen LogP contribution in [0.2, 0.25) is 0 Å². The van der Waals surface area contributed by atoms with Crippen molar-refractivity contribution in [3.8, 4) is 0 Å². The highest BCUT2D eigenvalue weighted by Crippen LogP contribution is 2.23. The predicted molar refractivity (Wildman–Crippen MR) is 73.5 cm³/mol. The van der Waals surface area contributed by atoms with Crippen molar-refractivity contribution in [2.75, 3.05) is 13.1 Å². The molecule has 3 nitrogen and oxygen atoms in total. The summed E-state index contributed by atoms with van der Waals surface area (Å²) in [6, 6.07) is 3.52. The molecule has 0 aliphatic heterocycles. The van der Waals surface area contributed by atoms with E-state index >= 15 is 0 Å². The van der Waals surface area contributed by atoms with E-state index in [1.54, 1.807) is 30.0 Å². The number of benzene rings is 1. The van der Waals surface area contributed by atoms with Crippen LogP contribution in [-0.4, -0.2) is 29.1 Å². The quantitative estimate of drug-likeness (QED) is 0.769. The standard InChI is InChI=1S/C15H18FNO2/c1-4-8-17(9-5-2)14(15(18)19)12-6-7-13(16)11(3)10-12/h4-7,10,14H,1-2,8-9H2,3H3,(H,18,19)/t14-/m1/s1. The number of hydrogen-bond donors (Lipinski definition) is 1. The first-order chi connectivity index (χ1) is 9.01. The maximum absolute atomic E-state index is 13.3. The Morgan fingerprint density at radius 1 is 1.42 bits per heavy atom. The van der Waals surface area contributed by atoms with Gasteiger partial charge < -0.3 is 5.11 Å². The minimum atomic E-state index is -0.977. The summed E-state index contributed by atoms with van der Waals surface area (Å²) >= 11 is 0. The number of rotatable bonds is 7. The molecule has 1 atom stereocenters. The minimum absolute atomic E-state index is 0.341. The average molecular weight is 263 g/mol. The minimum Gasteiger partial charge on any atom is -0.480 e. The Morgan fingerprint density at radius 3 is 2.42 bits per heavy atom. The van der Waals surface area contributed by atoms with Crippen molar-refractivity contribution < 1.29 is 14.3 Å². The summed E-state index contributed by atoms with van der Waals surface area (Å²) in [4.78, 5) is 13.2. The molecule has 0 amide bonds. The molecule has 1 aromatic carbocycles. The number of carboxylic acids is 1. The molecular weight excluding hydrogens is 245 g/mol. The smallest absolute Gasteiger partial charge is 0.325 e. The van der Waals surface area contributed by atoms with Crippen LogP contribution in [-0.2, 0) is 4.79 Å². The fourth-order valence-corrected chi connectivity index (χ4v) is 1.96. The molecule has 0 saturated heterocycles. The molecule has 0 aliphatic rings. The summed E-state index contributed by atoms with van der Waals surface area (Å²) in [6.07, 6.45) is 3.27. The number of carboxylic acid groups (broad SMARTS) is 1. The van der Waals surface area contributed by atoms with E-state index in [9.17, 15) is 14.3 Å². The van der Waals surface area contributed by atoms with E-state index in [1.807, 2.05) is 0 Å². The van der Waals surface area contributed by atoms with E-state index in [-0.39, 0.29) is 5.82 Å². The van der Waals surface area contributed by atoms with Crippen LogP contribution >= 0.6 is 0 Å². The first-order valence-corrected chi connectivity index (χ1v) is 5.96. The van der Waals surface area contributed by atoms with Crippen LogP contribution in [0.5, 0.6) is 0 Å². The SMILES string of the molecule is C=CCN(CC=C)[C@@H](C(=O)O)c1ccc(F)c(C)c1. The molecular formula is C15H18FNO2. The summed E-state index contributed by atoms with van der Waals surface area (Å²) in [5, 5.41) is 9.41. The van der Waals surface area contributed by atoms with Crippen molar-refractivity contribution in [3.05, 3.63) is 60.5 Å². The molecule has 0 fully saturated rings. The molecule has 19 heavy (non-hydrogen) atoms. The van der Waals surface area contributed by atoms with Crippen LogP contribution in [0.4, 0.5) is 4.39 Å². The van der Waals surface area contributed by atoms with Gasteiger partial charge in [-0.15, -0.1) is 13.2 Å². The third kappa shape index (κ3) is 3.76. The zero-order chi connectivity index (χ0) is 14.4. The van der Waals surface area contributed by atoms with E-state index in [0.29, 0.717) is 24.2 Å². The summed E-state index contributed by atoms with van der Waals surface area (Å²) in [6.45, 7) is 9.69. The van der Waals surface area contributed by atoms with E-state index in [2.05, 4.69) is 13.2 Å². The van der Waals surface area contributed by atoms with Gasteiger partial charge in [0.1, 0.15) is 11.9 Å². The average Bonchev–Trinajstić information content (AvgIpc) is 2.34. The first-order valence-electron chi connectivity index (χ1n) is 5.96. The molecule has 0 bridgehead atoms. The molecule has 0 aliphatic carbocycles. The summed E-state index contributed by atoms with van der Waals surface area (Å²) in [5.41, 5.74) is 0.982. The second-order valence-electron chi connectivity index (χ2n) is 4.28. The summed E-state index contributed by atoms with van der Waals surface area (Å²) < 4.78 is 13.3. The van der Waals surface area contributed by atoms with E-state index < -0.39 is 12.0 Å². The number of aliphatic carboxylic acids is 1. The van der Waals surface area contributed by atoms with Crippen molar-refractivity contribution in [1.29, 1.82) is 0 Å². The van der Waals surface area contributed by atoms with Crippen LogP contribution in [0.3, 0.4) is 0 Å². The van der Waals surface area contributed by atoms with Gasteiger partial charge in [-0.2, -0.15) is 0 Å². The maximum Gasteiger partial charge on any atom is 0.325 e. The number of halogens is 1. The zero-order valence-corrected chi connectivity index (χ0v) is 11.0. The first kappa shape index (κ1) is 15.1. The third-order valence-corrected chi connectivity index (χ3v) is 2.82. The Labute approximate surface area is 112 Å². The van der Waals surface area contributed by atoms with Gasteiger partial charge in [-0.3, -0.25) is 9.69 Å². The summed E-state index contributed by atoms with van der Waals surface area (Å²) in [5.74, 6) is -1.32. The number of nitrogens with zero attached hydrogens (tertiary/aromatic N) is 1. The molecule has 0 aromatic heterocycles. The zero-order valence-electron chi connectivity index (χ0n) is 11.0. The Kier molecular flexibility index (Phi) is 5.45. The van der Waals surface area contributed by atoms with Crippen molar-refractivity contribution in [3.63, 3.8) is 0 Å². The van der Waals surface area contributed by atoms with Gasteiger partial charge in [0.15, 0.2) is 0 Å². The lowest BCUT2D eigenvalue weighted by Gasteiger charge is -2.27. The Bertz CT molecular complexity index is 475. The van der Waals surface area contributed by atoms with Gasteiger partial charge in [0.25, 0.3) is 0 Å². The molecule has 0 saturated carbocycles. The highest BCUT2D eigenvalue weighted by Gasteiger charge is 2.26. The topological polar surface area (TPSA) is 40.5 Å². The molecule has 1 aromatic rings. The van der Waals surface area contributed by atoms with Crippen LogP contribution in [0, 0.1) is 12.7 Å². The number of aryl methyl sites for hydroxylation is 1. The van der Waals surface area contributed by atoms with Crippen molar-refractivity contribution >= 4 is 5.97 Å². The van der Waals surface area contributed by atoms with Gasteiger partial charge in [0.2, 0.25) is 0 Å². The highest BCUT2D eigenvalue weighted by molar-refractivity contribution is 5.75. The van der Waals surface area contributed by atoms with Crippen LogP contribution < -0.4 is 0 Å². The second-order valence-corrected chi connectivity index (χ2v) is 4.28. The number of carbonyl (C=O) groups is 1. The van der Waals surface area contributed by atoms with Gasteiger partial charge in [-0.1, -0.05) is 24.3 Å². The molecule has 0 spiro atoms. The van der Waals surface area contributed by atoms with Crippen LogP contribution in [0.15, 0.2) is 43.5 Å².